The third kappa shape index (κ3) is 11.1. The maximum absolute atomic E-state index is 9.17. The van der Waals surface area contributed by atoms with Crippen LogP contribution in [-0.2, 0) is 0 Å². The van der Waals surface area contributed by atoms with Gasteiger partial charge in [-0.3, -0.25) is 0 Å². The molecule has 0 aliphatic heterocycles. The van der Waals surface area contributed by atoms with Crippen molar-refractivity contribution in [3.8, 4) is 0 Å². The van der Waals surface area contributed by atoms with E-state index in [0.717, 1.165) is 23.0 Å². The van der Waals surface area contributed by atoms with Crippen molar-refractivity contribution in [1.82, 2.24) is 0 Å². The van der Waals surface area contributed by atoms with E-state index >= 15 is 0 Å². The Morgan fingerprint density at radius 3 is 1.53 bits per heavy atom. The van der Waals surface area contributed by atoms with Crippen LogP contribution in [0.15, 0.2) is 0 Å². The third-order valence-corrected chi connectivity index (χ3v) is 6.85. The summed E-state index contributed by atoms with van der Waals surface area (Å²) >= 11 is 16.4. The van der Waals surface area contributed by atoms with E-state index in [0.29, 0.717) is 11.8 Å². The molecule has 0 fully saturated rings. The summed E-state index contributed by atoms with van der Waals surface area (Å²) in [4.78, 5) is 0. The third-order valence-electron chi connectivity index (χ3n) is 1.88. The van der Waals surface area contributed by atoms with Gasteiger partial charge in [-0.2, -0.15) is 35.3 Å². The van der Waals surface area contributed by atoms with Gasteiger partial charge >= 0.3 is 0 Å². The Balaban J connectivity index is 3.61. The normalized spacial score (nSPS) is 14.8. The molecule has 0 saturated carbocycles. The van der Waals surface area contributed by atoms with E-state index in [2.05, 4.69) is 0 Å². The molecule has 0 aliphatic rings. The van der Waals surface area contributed by atoms with Crippen LogP contribution in [0.5, 0.6) is 0 Å². The zero-order valence-corrected chi connectivity index (χ0v) is 13.6. The van der Waals surface area contributed by atoms with Gasteiger partial charge in [0.25, 0.3) is 0 Å². The van der Waals surface area contributed by atoms with Gasteiger partial charge in [0.2, 0.25) is 0 Å². The van der Waals surface area contributed by atoms with Gasteiger partial charge in [-0.25, -0.2) is 0 Å². The fourth-order valence-corrected chi connectivity index (χ4v) is 4.87. The highest BCUT2D eigenvalue weighted by Crippen LogP contribution is 2.21. The predicted octanol–water partition coefficient (Wildman–Crippen LogP) is 2.39. The zero-order valence-electron chi connectivity index (χ0n) is 9.69. The van der Waals surface area contributed by atoms with Crippen LogP contribution in [-0.4, -0.2) is 68.7 Å². The van der Waals surface area contributed by atoms with Crippen molar-refractivity contribution in [3.63, 3.8) is 0 Å². The van der Waals surface area contributed by atoms with Crippen molar-refractivity contribution in [2.45, 2.75) is 10.5 Å². The van der Waals surface area contributed by atoms with Crippen molar-refractivity contribution in [1.29, 1.82) is 0 Å². The number of hydrogen-bond donors (Lipinski definition) is 2. The second-order valence-corrected chi connectivity index (χ2v) is 7.91. The van der Waals surface area contributed by atoms with Gasteiger partial charge < -0.3 is 10.2 Å². The SMILES string of the molecule is OCC(CSCC(CO)SCCCl)SCCCl. The Morgan fingerprint density at radius 1 is 0.824 bits per heavy atom. The molecular formula is C10H20Cl2O2S3. The summed E-state index contributed by atoms with van der Waals surface area (Å²) in [6.45, 7) is 0.375. The maximum atomic E-state index is 9.17. The van der Waals surface area contributed by atoms with E-state index in [1.807, 2.05) is 0 Å². The summed E-state index contributed by atoms with van der Waals surface area (Å²) in [7, 11) is 0. The molecule has 0 aromatic heterocycles. The topological polar surface area (TPSA) is 40.5 Å². The maximum Gasteiger partial charge on any atom is 0.0558 e. The predicted molar refractivity (Wildman–Crippen MR) is 85.4 cm³/mol. The van der Waals surface area contributed by atoms with E-state index in [1.54, 1.807) is 35.3 Å². The first-order valence-corrected chi connectivity index (χ1v) is 9.75. The summed E-state index contributed by atoms with van der Waals surface area (Å²) in [5, 5.41) is 18.8. The lowest BCUT2D eigenvalue weighted by molar-refractivity contribution is 0.300. The van der Waals surface area contributed by atoms with Crippen LogP contribution in [0, 0.1) is 0 Å². The molecule has 2 unspecified atom stereocenters. The van der Waals surface area contributed by atoms with E-state index < -0.39 is 0 Å². The Morgan fingerprint density at radius 2 is 1.24 bits per heavy atom. The lowest BCUT2D eigenvalue weighted by Crippen LogP contribution is -2.17. The molecule has 0 bridgehead atoms. The average Bonchev–Trinajstić information content (AvgIpc) is 2.37. The summed E-state index contributed by atoms with van der Waals surface area (Å²) in [6.07, 6.45) is 0. The van der Waals surface area contributed by atoms with Crippen molar-refractivity contribution >= 4 is 58.5 Å². The molecule has 2 N–H and O–H groups in total. The van der Waals surface area contributed by atoms with Gasteiger partial charge in [0.05, 0.1) is 13.2 Å². The first-order chi connectivity index (χ1) is 8.28. The quantitative estimate of drug-likeness (QED) is 0.534. The molecule has 0 rings (SSSR count). The lowest BCUT2D eigenvalue weighted by atomic mass is 10.5. The molecule has 17 heavy (non-hydrogen) atoms. The summed E-state index contributed by atoms with van der Waals surface area (Å²) in [5.41, 5.74) is 0. The van der Waals surface area contributed by atoms with Crippen molar-refractivity contribution in [2.75, 3.05) is 48.0 Å². The smallest absolute Gasteiger partial charge is 0.0558 e. The van der Waals surface area contributed by atoms with Crippen molar-refractivity contribution in [3.05, 3.63) is 0 Å². The van der Waals surface area contributed by atoms with Crippen LogP contribution >= 0.6 is 58.5 Å². The minimum Gasteiger partial charge on any atom is -0.395 e. The molecule has 0 saturated heterocycles. The van der Waals surface area contributed by atoms with Gasteiger partial charge in [0, 0.05) is 45.3 Å². The molecule has 0 radical (unpaired) electrons. The van der Waals surface area contributed by atoms with Crippen LogP contribution < -0.4 is 0 Å². The van der Waals surface area contributed by atoms with Crippen molar-refractivity contribution < 1.29 is 10.2 Å². The van der Waals surface area contributed by atoms with Crippen LogP contribution in [0.25, 0.3) is 0 Å². The highest BCUT2D eigenvalue weighted by molar-refractivity contribution is 8.05. The number of thioether (sulfide) groups is 3. The average molecular weight is 339 g/mol. The molecule has 104 valence electrons. The Labute approximate surface area is 127 Å². The molecule has 7 heteroatoms. The van der Waals surface area contributed by atoms with E-state index in [9.17, 15) is 0 Å². The minimum atomic E-state index is 0.188. The van der Waals surface area contributed by atoms with E-state index in [4.69, 9.17) is 33.4 Å². The number of aliphatic hydroxyl groups is 2. The van der Waals surface area contributed by atoms with Gasteiger partial charge in [0.15, 0.2) is 0 Å². The summed E-state index contributed by atoms with van der Waals surface area (Å²) in [5.74, 6) is 4.79. The molecule has 0 aromatic rings. The van der Waals surface area contributed by atoms with Crippen molar-refractivity contribution in [2.24, 2.45) is 0 Å². The minimum absolute atomic E-state index is 0.188. The zero-order chi connectivity index (χ0) is 12.9. The molecule has 2 nitrogen and oxygen atoms in total. The number of halogens is 2. The molecule has 2 atom stereocenters. The largest absolute Gasteiger partial charge is 0.395 e. The lowest BCUT2D eigenvalue weighted by Gasteiger charge is -2.16. The number of rotatable bonds is 12. The van der Waals surface area contributed by atoms with E-state index in [1.165, 1.54) is 0 Å². The highest BCUT2D eigenvalue weighted by Gasteiger charge is 2.11. The van der Waals surface area contributed by atoms with Crippen LogP contribution in [0.1, 0.15) is 0 Å². The van der Waals surface area contributed by atoms with Gasteiger partial charge in [-0.1, -0.05) is 0 Å². The molecule has 0 aliphatic carbocycles. The molecule has 0 aromatic carbocycles. The van der Waals surface area contributed by atoms with Gasteiger partial charge in [0.1, 0.15) is 0 Å². The molecular weight excluding hydrogens is 319 g/mol. The second kappa shape index (κ2) is 14.0. The highest BCUT2D eigenvalue weighted by atomic mass is 35.5. The Kier molecular flexibility index (Phi) is 15.2. The van der Waals surface area contributed by atoms with Crippen LogP contribution in [0.3, 0.4) is 0 Å². The Hall–Kier alpha value is 1.55. The molecule has 0 amide bonds. The Bertz CT molecular complexity index is 150. The van der Waals surface area contributed by atoms with Crippen LogP contribution in [0.4, 0.5) is 0 Å². The fourth-order valence-electron chi connectivity index (χ4n) is 1.06. The standard InChI is InChI=1S/C10H20Cl2O2S3/c11-1-3-16-9(5-13)7-15-8-10(6-14)17-4-2-12/h9-10,13-14H,1-8H2. The summed E-state index contributed by atoms with van der Waals surface area (Å²) < 4.78 is 0. The summed E-state index contributed by atoms with van der Waals surface area (Å²) in [6, 6.07) is 0. The fraction of sp³-hybridized carbons (Fsp3) is 1.00. The van der Waals surface area contributed by atoms with Gasteiger partial charge in [-0.05, 0) is 0 Å². The van der Waals surface area contributed by atoms with Gasteiger partial charge in [-0.15, -0.1) is 23.2 Å². The molecule has 0 spiro atoms. The van der Waals surface area contributed by atoms with Crippen LogP contribution in [0.2, 0.25) is 0 Å². The first-order valence-electron chi connectivity index (χ1n) is 5.43. The number of alkyl halides is 2. The number of hydrogen-bond acceptors (Lipinski definition) is 5. The molecule has 0 heterocycles. The first kappa shape index (κ1) is 18.6. The van der Waals surface area contributed by atoms with E-state index in [-0.39, 0.29) is 23.7 Å². The second-order valence-electron chi connectivity index (χ2n) is 3.27. The number of aliphatic hydroxyl groups excluding tert-OH is 2. The monoisotopic (exact) mass is 338 g/mol.